The number of hydrogen-bond acceptors (Lipinski definition) is 6. The number of rotatable bonds is 20. The first-order valence-corrected chi connectivity index (χ1v) is 13.5. The van der Waals surface area contributed by atoms with Gasteiger partial charge in [0.15, 0.2) is 0 Å². The molecule has 0 saturated heterocycles. The molecule has 0 aliphatic rings. The molecule has 0 rings (SSSR count). The lowest BCUT2D eigenvalue weighted by atomic mass is 10.0. The van der Waals surface area contributed by atoms with Crippen LogP contribution in [0.25, 0.3) is 0 Å². The van der Waals surface area contributed by atoms with Gasteiger partial charge in [-0.2, -0.15) is 0 Å². The van der Waals surface area contributed by atoms with Crippen LogP contribution in [0.5, 0.6) is 0 Å². The zero-order chi connectivity index (χ0) is 28.6. The molecule has 8 nitrogen and oxygen atoms in total. The van der Waals surface area contributed by atoms with E-state index in [9.17, 15) is 24.6 Å². The summed E-state index contributed by atoms with van der Waals surface area (Å²) in [6.07, 6.45) is 21.1. The number of carbonyl (C=O) groups excluding carboxylic acids is 3. The summed E-state index contributed by atoms with van der Waals surface area (Å²) in [7, 11) is 1.31. The molecule has 4 N–H and O–H groups in total. The van der Waals surface area contributed by atoms with E-state index in [-0.39, 0.29) is 24.8 Å². The van der Waals surface area contributed by atoms with Crippen LogP contribution in [-0.4, -0.2) is 60.4 Å². The Morgan fingerprint density at radius 3 is 2.37 bits per heavy atom. The number of unbranched alkanes of at least 4 members (excludes halogenated alkanes) is 4. The SMILES string of the molecule is CCCCCCCC(O)/C=C/C(C)=C/CC(=O)NC[C@H](O)[C@H](C)C(=O)NCC/C=C/C=C/C=C/C(=O)OC. The predicted octanol–water partition coefficient (Wildman–Crippen LogP) is 4.06. The molecule has 0 bridgehead atoms. The highest BCUT2D eigenvalue weighted by molar-refractivity contribution is 5.82. The number of amides is 2. The maximum atomic E-state index is 12.2. The van der Waals surface area contributed by atoms with Gasteiger partial charge in [0.25, 0.3) is 0 Å². The Morgan fingerprint density at radius 2 is 1.66 bits per heavy atom. The number of aliphatic hydroxyl groups is 2. The van der Waals surface area contributed by atoms with Gasteiger partial charge in [-0.15, -0.1) is 0 Å². The summed E-state index contributed by atoms with van der Waals surface area (Å²) in [5.41, 5.74) is 0.876. The molecular weight excluding hydrogens is 484 g/mol. The number of hydrogen-bond donors (Lipinski definition) is 4. The van der Waals surface area contributed by atoms with Crippen molar-refractivity contribution in [1.29, 1.82) is 0 Å². The first-order valence-electron chi connectivity index (χ1n) is 13.5. The molecule has 0 radical (unpaired) electrons. The minimum atomic E-state index is -1.00. The molecule has 0 saturated carbocycles. The van der Waals surface area contributed by atoms with Gasteiger partial charge in [0.2, 0.25) is 11.8 Å². The molecular formula is C30H48N2O6. The highest BCUT2D eigenvalue weighted by Gasteiger charge is 2.21. The van der Waals surface area contributed by atoms with Gasteiger partial charge in [-0.1, -0.05) is 100 Å². The topological polar surface area (TPSA) is 125 Å². The first kappa shape index (κ1) is 35.0. The van der Waals surface area contributed by atoms with Crippen molar-refractivity contribution < 1.29 is 29.3 Å². The third-order valence-corrected chi connectivity index (χ3v) is 5.81. The molecule has 3 atom stereocenters. The molecule has 0 spiro atoms. The summed E-state index contributed by atoms with van der Waals surface area (Å²) < 4.78 is 4.48. The van der Waals surface area contributed by atoms with E-state index in [0.717, 1.165) is 24.8 Å². The fourth-order valence-corrected chi connectivity index (χ4v) is 3.22. The average Bonchev–Trinajstić information content (AvgIpc) is 2.91. The van der Waals surface area contributed by atoms with Crippen LogP contribution in [0.15, 0.2) is 60.3 Å². The second-order valence-corrected chi connectivity index (χ2v) is 9.22. The fourth-order valence-electron chi connectivity index (χ4n) is 3.22. The van der Waals surface area contributed by atoms with Gasteiger partial charge in [0.1, 0.15) is 0 Å². The van der Waals surface area contributed by atoms with Crippen molar-refractivity contribution >= 4 is 17.8 Å². The molecule has 0 heterocycles. The van der Waals surface area contributed by atoms with Gasteiger partial charge in [-0.05, 0) is 19.8 Å². The van der Waals surface area contributed by atoms with Crippen molar-refractivity contribution in [2.75, 3.05) is 20.2 Å². The van der Waals surface area contributed by atoms with E-state index in [0.29, 0.717) is 13.0 Å². The van der Waals surface area contributed by atoms with Crippen molar-refractivity contribution in [3.8, 4) is 0 Å². The Labute approximate surface area is 228 Å². The number of aliphatic hydroxyl groups excluding tert-OH is 2. The standard InChI is InChI=1S/C30H48N2O6/c1-5-6-7-10-13-16-26(33)20-18-24(2)19-21-28(35)32-23-27(34)25(3)30(37)31-22-15-12-9-8-11-14-17-29(36)38-4/h8-9,11-12,14,17-20,25-27,33-34H,5-7,10,13,15-16,21-23H2,1-4H3,(H,31,37)(H,32,35)/b11-8+,12-9+,17-14+,20-18+,24-19+/t25-,26?,27-/m0/s1. The van der Waals surface area contributed by atoms with Crippen molar-refractivity contribution in [2.45, 2.75) is 84.3 Å². The van der Waals surface area contributed by atoms with E-state index in [4.69, 9.17) is 0 Å². The second kappa shape index (κ2) is 23.2. The number of ether oxygens (including phenoxy) is 1. The Balaban J connectivity index is 4.18. The third-order valence-electron chi connectivity index (χ3n) is 5.81. The lowest BCUT2D eigenvalue weighted by molar-refractivity contribution is -0.134. The van der Waals surface area contributed by atoms with Crippen LogP contribution in [0.4, 0.5) is 0 Å². The smallest absolute Gasteiger partial charge is 0.330 e. The van der Waals surface area contributed by atoms with E-state index in [1.54, 1.807) is 43.4 Å². The molecule has 38 heavy (non-hydrogen) atoms. The molecule has 2 amide bonds. The molecule has 214 valence electrons. The zero-order valence-corrected chi connectivity index (χ0v) is 23.5. The van der Waals surface area contributed by atoms with Gasteiger partial charge in [-0.25, -0.2) is 4.79 Å². The zero-order valence-electron chi connectivity index (χ0n) is 23.5. The third kappa shape index (κ3) is 20.1. The van der Waals surface area contributed by atoms with Gasteiger partial charge >= 0.3 is 5.97 Å². The van der Waals surface area contributed by atoms with Crippen molar-refractivity contribution in [3.05, 3.63) is 60.3 Å². The van der Waals surface area contributed by atoms with Gasteiger partial charge in [-0.3, -0.25) is 9.59 Å². The molecule has 0 aliphatic carbocycles. The maximum absolute atomic E-state index is 12.2. The summed E-state index contributed by atoms with van der Waals surface area (Å²) in [5.74, 6) is -1.64. The van der Waals surface area contributed by atoms with E-state index in [1.165, 1.54) is 32.4 Å². The van der Waals surface area contributed by atoms with Gasteiger partial charge < -0.3 is 25.6 Å². The molecule has 8 heteroatoms. The van der Waals surface area contributed by atoms with Crippen LogP contribution in [-0.2, 0) is 19.1 Å². The summed E-state index contributed by atoms with van der Waals surface area (Å²) in [4.78, 5) is 35.3. The lowest BCUT2D eigenvalue weighted by Gasteiger charge is -2.18. The van der Waals surface area contributed by atoms with E-state index >= 15 is 0 Å². The van der Waals surface area contributed by atoms with Crippen LogP contribution < -0.4 is 10.6 Å². The van der Waals surface area contributed by atoms with Crippen molar-refractivity contribution in [1.82, 2.24) is 10.6 Å². The van der Waals surface area contributed by atoms with Gasteiger partial charge in [0, 0.05) is 25.6 Å². The summed E-state index contributed by atoms with van der Waals surface area (Å²) in [6.45, 7) is 6.05. The largest absolute Gasteiger partial charge is 0.466 e. The lowest BCUT2D eigenvalue weighted by Crippen LogP contribution is -2.42. The number of esters is 1. The number of methoxy groups -OCH3 is 1. The minimum Gasteiger partial charge on any atom is -0.466 e. The molecule has 1 unspecified atom stereocenters. The van der Waals surface area contributed by atoms with Crippen LogP contribution in [0.2, 0.25) is 0 Å². The minimum absolute atomic E-state index is 0.0172. The summed E-state index contributed by atoms with van der Waals surface area (Å²) >= 11 is 0. The van der Waals surface area contributed by atoms with Crippen LogP contribution >= 0.6 is 0 Å². The Morgan fingerprint density at radius 1 is 0.947 bits per heavy atom. The monoisotopic (exact) mass is 532 g/mol. The maximum Gasteiger partial charge on any atom is 0.330 e. The Bertz CT molecular complexity index is 829. The van der Waals surface area contributed by atoms with Crippen LogP contribution in [0.1, 0.15) is 72.1 Å². The average molecular weight is 533 g/mol. The molecule has 0 aliphatic heterocycles. The summed E-state index contributed by atoms with van der Waals surface area (Å²) in [6, 6.07) is 0. The van der Waals surface area contributed by atoms with E-state index in [2.05, 4.69) is 22.3 Å². The molecule has 0 aromatic heterocycles. The Kier molecular flexibility index (Phi) is 21.4. The number of nitrogens with one attached hydrogen (secondary N) is 2. The number of carbonyl (C=O) groups is 3. The van der Waals surface area contributed by atoms with Gasteiger partial charge in [0.05, 0.1) is 25.2 Å². The number of allylic oxidation sites excluding steroid dienone is 6. The quantitative estimate of drug-likeness (QED) is 0.0811. The first-order chi connectivity index (χ1) is 18.2. The van der Waals surface area contributed by atoms with Crippen molar-refractivity contribution in [2.24, 2.45) is 5.92 Å². The van der Waals surface area contributed by atoms with Crippen LogP contribution in [0, 0.1) is 5.92 Å². The highest BCUT2D eigenvalue weighted by atomic mass is 16.5. The van der Waals surface area contributed by atoms with Crippen LogP contribution in [0.3, 0.4) is 0 Å². The Hall–Kier alpha value is -2.97. The second-order valence-electron chi connectivity index (χ2n) is 9.22. The normalized spacial score (nSPS) is 14.8. The van der Waals surface area contributed by atoms with Crippen molar-refractivity contribution in [3.63, 3.8) is 0 Å². The fraction of sp³-hybridized carbons (Fsp3) is 0.567. The van der Waals surface area contributed by atoms with E-state index < -0.39 is 24.1 Å². The predicted molar refractivity (Wildman–Crippen MR) is 152 cm³/mol. The van der Waals surface area contributed by atoms with E-state index in [1.807, 2.05) is 19.1 Å². The molecule has 0 aromatic rings. The summed E-state index contributed by atoms with van der Waals surface area (Å²) in [5, 5.41) is 25.7. The highest BCUT2D eigenvalue weighted by Crippen LogP contribution is 2.09. The molecule has 0 aromatic carbocycles. The molecule has 0 fully saturated rings.